The molecular formula is C20H28N2O2. The van der Waals surface area contributed by atoms with E-state index in [0.29, 0.717) is 13.1 Å². The molecule has 1 aliphatic heterocycles. The molecule has 1 aromatic rings. The van der Waals surface area contributed by atoms with Gasteiger partial charge in [-0.05, 0) is 38.2 Å². The Labute approximate surface area is 145 Å². The molecule has 4 heteroatoms. The van der Waals surface area contributed by atoms with Gasteiger partial charge < -0.3 is 9.80 Å². The molecule has 0 N–H and O–H groups in total. The van der Waals surface area contributed by atoms with Gasteiger partial charge in [0.1, 0.15) is 0 Å². The Morgan fingerprint density at radius 2 is 1.79 bits per heavy atom. The van der Waals surface area contributed by atoms with Crippen molar-refractivity contribution in [3.63, 3.8) is 0 Å². The number of allylic oxidation sites excluding steroid dienone is 1. The summed E-state index contributed by atoms with van der Waals surface area (Å²) in [7, 11) is 3.58. The fourth-order valence-corrected chi connectivity index (χ4v) is 3.07. The third-order valence-electron chi connectivity index (χ3n) is 4.62. The van der Waals surface area contributed by atoms with Crippen LogP contribution in [0.2, 0.25) is 0 Å². The minimum atomic E-state index is 0.0622. The summed E-state index contributed by atoms with van der Waals surface area (Å²) in [5.74, 6) is 0.320. The normalized spacial score (nSPS) is 16.1. The van der Waals surface area contributed by atoms with Crippen LogP contribution in [0.3, 0.4) is 0 Å². The largest absolute Gasteiger partial charge is 0.349 e. The van der Waals surface area contributed by atoms with Crippen LogP contribution in [0.1, 0.15) is 31.7 Å². The maximum atomic E-state index is 12.4. The number of carbonyl (C=O) groups excluding carboxylic acids is 2. The zero-order valence-electron chi connectivity index (χ0n) is 15.0. The molecule has 1 aliphatic rings. The van der Waals surface area contributed by atoms with Crippen LogP contribution in [-0.2, 0) is 16.0 Å². The second kappa shape index (κ2) is 8.67. The summed E-state index contributed by atoms with van der Waals surface area (Å²) < 4.78 is 0. The quantitative estimate of drug-likeness (QED) is 0.780. The van der Waals surface area contributed by atoms with Crippen LogP contribution in [0.15, 0.2) is 42.0 Å². The Hall–Kier alpha value is -2.10. The molecule has 0 radical (unpaired) electrons. The zero-order chi connectivity index (χ0) is 17.5. The summed E-state index contributed by atoms with van der Waals surface area (Å²) in [6.07, 6.45) is 5.14. The molecule has 2 amide bonds. The summed E-state index contributed by atoms with van der Waals surface area (Å²) in [5.41, 5.74) is 2.40. The van der Waals surface area contributed by atoms with Crippen molar-refractivity contribution in [3.05, 3.63) is 47.5 Å². The molecule has 1 fully saturated rings. The van der Waals surface area contributed by atoms with Gasteiger partial charge in [0.25, 0.3) is 0 Å². The van der Waals surface area contributed by atoms with E-state index in [4.69, 9.17) is 0 Å². The molecule has 1 heterocycles. The van der Waals surface area contributed by atoms with Crippen molar-refractivity contribution in [2.24, 2.45) is 5.92 Å². The molecule has 130 valence electrons. The number of aryl methyl sites for hydroxylation is 1. The van der Waals surface area contributed by atoms with Gasteiger partial charge >= 0.3 is 0 Å². The fourth-order valence-electron chi connectivity index (χ4n) is 3.07. The van der Waals surface area contributed by atoms with E-state index in [1.165, 1.54) is 5.56 Å². The maximum absolute atomic E-state index is 12.4. The van der Waals surface area contributed by atoms with Gasteiger partial charge in [-0.15, -0.1) is 0 Å². The van der Waals surface area contributed by atoms with E-state index < -0.39 is 0 Å². The van der Waals surface area contributed by atoms with Gasteiger partial charge in [-0.2, -0.15) is 0 Å². The van der Waals surface area contributed by atoms with E-state index >= 15 is 0 Å². The number of hydrogen-bond donors (Lipinski definition) is 0. The number of rotatable bonds is 5. The lowest BCUT2D eigenvalue weighted by Gasteiger charge is -2.32. The van der Waals surface area contributed by atoms with Crippen LogP contribution in [0.4, 0.5) is 0 Å². The van der Waals surface area contributed by atoms with Crippen LogP contribution < -0.4 is 0 Å². The third kappa shape index (κ3) is 5.22. The molecule has 0 aromatic heterocycles. The summed E-state index contributed by atoms with van der Waals surface area (Å²) >= 11 is 0. The summed E-state index contributed by atoms with van der Waals surface area (Å²) in [4.78, 5) is 27.9. The Morgan fingerprint density at radius 1 is 1.17 bits per heavy atom. The van der Waals surface area contributed by atoms with Gasteiger partial charge in [0.05, 0.1) is 0 Å². The smallest absolute Gasteiger partial charge is 0.246 e. The lowest BCUT2D eigenvalue weighted by molar-refractivity contribution is -0.137. The van der Waals surface area contributed by atoms with Crippen LogP contribution in [-0.4, -0.2) is 48.8 Å². The van der Waals surface area contributed by atoms with E-state index in [1.807, 2.05) is 30.0 Å². The standard InChI is InChI=1S/C20H28N2O2/c1-16(9-10-17-7-5-4-6-8-17)15-19(23)22-13-11-18(12-14-22)20(24)21(2)3/h4-8,15,18H,9-14H2,1-3H3/b16-15-. The Balaban J connectivity index is 1.81. The minimum absolute atomic E-state index is 0.0622. The highest BCUT2D eigenvalue weighted by molar-refractivity contribution is 5.88. The topological polar surface area (TPSA) is 40.6 Å². The molecule has 1 aromatic carbocycles. The summed E-state index contributed by atoms with van der Waals surface area (Å²) in [6.45, 7) is 3.36. The van der Waals surface area contributed by atoms with Crippen LogP contribution in [0.5, 0.6) is 0 Å². The van der Waals surface area contributed by atoms with Gasteiger partial charge in [-0.25, -0.2) is 0 Å². The van der Waals surface area contributed by atoms with E-state index in [9.17, 15) is 9.59 Å². The summed E-state index contributed by atoms with van der Waals surface area (Å²) in [6, 6.07) is 10.3. The van der Waals surface area contributed by atoms with Gasteiger partial charge in [-0.3, -0.25) is 9.59 Å². The average Bonchev–Trinajstić information content (AvgIpc) is 2.60. The van der Waals surface area contributed by atoms with Crippen LogP contribution in [0, 0.1) is 5.92 Å². The molecule has 0 bridgehead atoms. The highest BCUT2D eigenvalue weighted by Gasteiger charge is 2.27. The number of piperidine rings is 1. The monoisotopic (exact) mass is 328 g/mol. The first-order valence-corrected chi connectivity index (χ1v) is 8.68. The van der Waals surface area contributed by atoms with Crippen molar-refractivity contribution in [3.8, 4) is 0 Å². The SMILES string of the molecule is C/C(=C/C(=O)N1CCC(C(=O)N(C)C)CC1)CCc1ccccc1. The lowest BCUT2D eigenvalue weighted by Crippen LogP contribution is -2.42. The van der Waals surface area contributed by atoms with Crippen LogP contribution in [0.25, 0.3) is 0 Å². The number of likely N-dealkylation sites (tertiary alicyclic amines) is 1. The van der Waals surface area contributed by atoms with Gasteiger partial charge in [0.15, 0.2) is 0 Å². The van der Waals surface area contributed by atoms with Gasteiger partial charge in [-0.1, -0.05) is 35.9 Å². The average molecular weight is 328 g/mol. The molecule has 4 nitrogen and oxygen atoms in total. The first-order valence-electron chi connectivity index (χ1n) is 8.68. The molecule has 0 aliphatic carbocycles. The number of amides is 2. The van der Waals surface area contributed by atoms with Crippen molar-refractivity contribution in [1.82, 2.24) is 9.80 Å². The molecular weight excluding hydrogens is 300 g/mol. The molecule has 0 saturated carbocycles. The summed E-state index contributed by atoms with van der Waals surface area (Å²) in [5, 5.41) is 0. The van der Waals surface area contributed by atoms with E-state index in [2.05, 4.69) is 12.1 Å². The second-order valence-corrected chi connectivity index (χ2v) is 6.81. The number of carbonyl (C=O) groups is 2. The predicted molar refractivity (Wildman–Crippen MR) is 96.5 cm³/mol. The third-order valence-corrected chi connectivity index (χ3v) is 4.62. The van der Waals surface area contributed by atoms with Crippen molar-refractivity contribution >= 4 is 11.8 Å². The molecule has 1 saturated heterocycles. The molecule has 2 rings (SSSR count). The number of nitrogens with zero attached hydrogens (tertiary/aromatic N) is 2. The van der Waals surface area contributed by atoms with E-state index in [1.54, 1.807) is 25.1 Å². The molecule has 0 spiro atoms. The predicted octanol–water partition coefficient (Wildman–Crippen LogP) is 2.89. The zero-order valence-corrected chi connectivity index (χ0v) is 15.0. The van der Waals surface area contributed by atoms with Crippen molar-refractivity contribution in [2.75, 3.05) is 27.2 Å². The molecule has 24 heavy (non-hydrogen) atoms. The van der Waals surface area contributed by atoms with Crippen molar-refractivity contribution in [1.29, 1.82) is 0 Å². The highest BCUT2D eigenvalue weighted by atomic mass is 16.2. The van der Waals surface area contributed by atoms with Crippen LogP contribution >= 0.6 is 0 Å². The Bertz CT molecular complexity index is 585. The number of benzene rings is 1. The van der Waals surface area contributed by atoms with E-state index in [-0.39, 0.29) is 17.7 Å². The van der Waals surface area contributed by atoms with Gasteiger partial charge in [0.2, 0.25) is 11.8 Å². The van der Waals surface area contributed by atoms with E-state index in [0.717, 1.165) is 31.3 Å². The Morgan fingerprint density at radius 3 is 2.38 bits per heavy atom. The molecule has 0 atom stereocenters. The first kappa shape index (κ1) is 18.2. The second-order valence-electron chi connectivity index (χ2n) is 6.81. The molecule has 0 unspecified atom stereocenters. The Kier molecular flexibility index (Phi) is 6.59. The number of hydrogen-bond acceptors (Lipinski definition) is 2. The minimum Gasteiger partial charge on any atom is -0.349 e. The highest BCUT2D eigenvalue weighted by Crippen LogP contribution is 2.19. The van der Waals surface area contributed by atoms with Gasteiger partial charge in [0, 0.05) is 39.2 Å². The van der Waals surface area contributed by atoms with Crippen molar-refractivity contribution in [2.45, 2.75) is 32.6 Å². The first-order chi connectivity index (χ1) is 11.5. The lowest BCUT2D eigenvalue weighted by atomic mass is 9.95. The fraction of sp³-hybridized carbons (Fsp3) is 0.500. The maximum Gasteiger partial charge on any atom is 0.246 e. The van der Waals surface area contributed by atoms with Crippen molar-refractivity contribution < 1.29 is 9.59 Å².